The summed E-state index contributed by atoms with van der Waals surface area (Å²) in [5.41, 5.74) is 0. The SMILES string of the molecule is C=CC(=O)N1[C@H]2CC[C@@H]1[C@@H](Br)C2. The smallest absolute Gasteiger partial charge is 0.246 e. The van der Waals surface area contributed by atoms with Crippen molar-refractivity contribution in [2.75, 3.05) is 0 Å². The number of carbonyl (C=O) groups is 1. The molecular weight excluding hydrogens is 218 g/mol. The van der Waals surface area contributed by atoms with Crippen molar-refractivity contribution in [1.82, 2.24) is 4.90 Å². The quantitative estimate of drug-likeness (QED) is 0.496. The number of hydrogen-bond acceptors (Lipinski definition) is 1. The van der Waals surface area contributed by atoms with Gasteiger partial charge in [0.15, 0.2) is 0 Å². The van der Waals surface area contributed by atoms with Crippen molar-refractivity contribution in [3.05, 3.63) is 12.7 Å². The maximum absolute atomic E-state index is 11.4. The highest BCUT2D eigenvalue weighted by Gasteiger charge is 2.46. The van der Waals surface area contributed by atoms with Gasteiger partial charge < -0.3 is 4.90 Å². The monoisotopic (exact) mass is 229 g/mol. The predicted molar refractivity (Wildman–Crippen MR) is 51.2 cm³/mol. The molecule has 2 fully saturated rings. The Kier molecular flexibility index (Phi) is 1.99. The van der Waals surface area contributed by atoms with E-state index < -0.39 is 0 Å². The first-order valence-electron chi connectivity index (χ1n) is 4.33. The lowest BCUT2D eigenvalue weighted by atomic mass is 10.0. The largest absolute Gasteiger partial charge is 0.332 e. The Balaban J connectivity index is 2.18. The molecule has 0 aromatic rings. The average molecular weight is 230 g/mol. The van der Waals surface area contributed by atoms with Crippen LogP contribution < -0.4 is 0 Å². The van der Waals surface area contributed by atoms with Gasteiger partial charge in [-0.2, -0.15) is 0 Å². The summed E-state index contributed by atoms with van der Waals surface area (Å²) in [6.07, 6.45) is 4.87. The molecule has 12 heavy (non-hydrogen) atoms. The lowest BCUT2D eigenvalue weighted by molar-refractivity contribution is -0.127. The molecule has 0 saturated carbocycles. The Morgan fingerprint density at radius 2 is 2.33 bits per heavy atom. The van der Waals surface area contributed by atoms with E-state index in [1.54, 1.807) is 0 Å². The molecule has 2 nitrogen and oxygen atoms in total. The van der Waals surface area contributed by atoms with Gasteiger partial charge >= 0.3 is 0 Å². The number of halogens is 1. The van der Waals surface area contributed by atoms with Crippen molar-refractivity contribution < 1.29 is 4.79 Å². The Labute approximate surface area is 80.7 Å². The zero-order valence-corrected chi connectivity index (χ0v) is 8.46. The van der Waals surface area contributed by atoms with Crippen LogP contribution in [0.25, 0.3) is 0 Å². The van der Waals surface area contributed by atoms with Gasteiger partial charge in [-0.15, -0.1) is 0 Å². The molecule has 2 rings (SSSR count). The van der Waals surface area contributed by atoms with Crippen LogP contribution in [0.5, 0.6) is 0 Å². The minimum Gasteiger partial charge on any atom is -0.332 e. The highest BCUT2D eigenvalue weighted by Crippen LogP contribution is 2.41. The molecule has 0 unspecified atom stereocenters. The summed E-state index contributed by atoms with van der Waals surface area (Å²) >= 11 is 3.61. The van der Waals surface area contributed by atoms with Gasteiger partial charge in [-0.05, 0) is 25.3 Å². The van der Waals surface area contributed by atoms with Crippen LogP contribution in [0.3, 0.4) is 0 Å². The molecule has 66 valence electrons. The molecule has 3 heteroatoms. The fraction of sp³-hybridized carbons (Fsp3) is 0.667. The van der Waals surface area contributed by atoms with Gasteiger partial charge in [-0.3, -0.25) is 4.79 Å². The number of fused-ring (bicyclic) bond motifs is 2. The molecule has 2 saturated heterocycles. The molecular formula is C9H12BrNO. The zero-order chi connectivity index (χ0) is 8.72. The summed E-state index contributed by atoms with van der Waals surface area (Å²) in [4.78, 5) is 13.9. The third-order valence-electron chi connectivity index (χ3n) is 2.89. The van der Waals surface area contributed by atoms with Crippen LogP contribution in [0.15, 0.2) is 12.7 Å². The summed E-state index contributed by atoms with van der Waals surface area (Å²) in [7, 11) is 0. The summed E-state index contributed by atoms with van der Waals surface area (Å²) in [5, 5.41) is 0. The van der Waals surface area contributed by atoms with E-state index in [1.165, 1.54) is 12.5 Å². The van der Waals surface area contributed by atoms with Crippen molar-refractivity contribution in [2.45, 2.75) is 36.2 Å². The molecule has 0 N–H and O–H groups in total. The highest BCUT2D eigenvalue weighted by atomic mass is 79.9. The van der Waals surface area contributed by atoms with E-state index in [-0.39, 0.29) is 5.91 Å². The average Bonchev–Trinajstić information content (AvgIpc) is 2.59. The summed E-state index contributed by atoms with van der Waals surface area (Å²) in [6, 6.07) is 0.908. The van der Waals surface area contributed by atoms with Crippen LogP contribution in [0.1, 0.15) is 19.3 Å². The Bertz CT molecular complexity index is 229. The molecule has 0 radical (unpaired) electrons. The minimum atomic E-state index is 0.101. The minimum absolute atomic E-state index is 0.101. The second-order valence-electron chi connectivity index (χ2n) is 3.50. The molecule has 2 heterocycles. The van der Waals surface area contributed by atoms with Gasteiger partial charge in [0.25, 0.3) is 0 Å². The van der Waals surface area contributed by atoms with E-state index >= 15 is 0 Å². The fourth-order valence-electron chi connectivity index (χ4n) is 2.36. The summed E-state index contributed by atoms with van der Waals surface area (Å²) in [5.74, 6) is 0.101. The number of nitrogens with zero attached hydrogens (tertiary/aromatic N) is 1. The van der Waals surface area contributed by atoms with Crippen LogP contribution in [0.2, 0.25) is 0 Å². The third-order valence-corrected chi connectivity index (χ3v) is 3.87. The number of rotatable bonds is 1. The van der Waals surface area contributed by atoms with Crippen molar-refractivity contribution in [1.29, 1.82) is 0 Å². The van der Waals surface area contributed by atoms with E-state index in [0.717, 1.165) is 12.8 Å². The number of hydrogen-bond donors (Lipinski definition) is 0. The first-order chi connectivity index (χ1) is 5.74. The molecule has 1 amide bonds. The predicted octanol–water partition coefficient (Wildman–Crippen LogP) is 1.70. The van der Waals surface area contributed by atoms with E-state index in [4.69, 9.17) is 0 Å². The fourth-order valence-corrected chi connectivity index (χ4v) is 3.31. The topological polar surface area (TPSA) is 20.3 Å². The number of alkyl halides is 1. The molecule has 0 aromatic heterocycles. The van der Waals surface area contributed by atoms with Gasteiger partial charge in [0, 0.05) is 16.9 Å². The molecule has 3 atom stereocenters. The molecule has 0 spiro atoms. The van der Waals surface area contributed by atoms with Crippen LogP contribution in [0.4, 0.5) is 0 Å². The van der Waals surface area contributed by atoms with Crippen molar-refractivity contribution in [3.8, 4) is 0 Å². The molecule has 0 aromatic carbocycles. The lowest BCUT2D eigenvalue weighted by Crippen LogP contribution is -2.35. The standard InChI is InChI=1S/C9H12BrNO/c1-2-9(12)11-6-3-4-8(11)7(10)5-6/h2,6-8H,1,3-5H2/t6-,7-,8+/m0/s1. The summed E-state index contributed by atoms with van der Waals surface area (Å²) < 4.78 is 0. The van der Waals surface area contributed by atoms with Crippen molar-refractivity contribution in [2.24, 2.45) is 0 Å². The summed E-state index contributed by atoms with van der Waals surface area (Å²) in [6.45, 7) is 3.52. The second-order valence-corrected chi connectivity index (χ2v) is 4.68. The van der Waals surface area contributed by atoms with Crippen LogP contribution >= 0.6 is 15.9 Å². The Morgan fingerprint density at radius 3 is 2.75 bits per heavy atom. The molecule has 2 aliphatic rings. The van der Waals surface area contributed by atoms with Gasteiger partial charge in [-0.1, -0.05) is 22.5 Å². The van der Waals surface area contributed by atoms with E-state index in [0.29, 0.717) is 16.9 Å². The first-order valence-corrected chi connectivity index (χ1v) is 5.24. The lowest BCUT2D eigenvalue weighted by Gasteiger charge is -2.20. The number of amides is 1. The van der Waals surface area contributed by atoms with Gasteiger partial charge in [0.2, 0.25) is 5.91 Å². The Morgan fingerprint density at radius 1 is 1.58 bits per heavy atom. The molecule has 0 aliphatic carbocycles. The van der Waals surface area contributed by atoms with Crippen molar-refractivity contribution in [3.63, 3.8) is 0 Å². The van der Waals surface area contributed by atoms with E-state index in [2.05, 4.69) is 22.5 Å². The van der Waals surface area contributed by atoms with E-state index in [1.807, 2.05) is 4.90 Å². The first kappa shape index (κ1) is 8.30. The van der Waals surface area contributed by atoms with Crippen LogP contribution in [-0.4, -0.2) is 27.7 Å². The maximum atomic E-state index is 11.4. The van der Waals surface area contributed by atoms with Gasteiger partial charge in [-0.25, -0.2) is 0 Å². The highest BCUT2D eigenvalue weighted by molar-refractivity contribution is 9.09. The van der Waals surface area contributed by atoms with Crippen LogP contribution in [0, 0.1) is 0 Å². The number of carbonyl (C=O) groups excluding carboxylic acids is 1. The Hall–Kier alpha value is -0.310. The van der Waals surface area contributed by atoms with E-state index in [9.17, 15) is 4.79 Å². The van der Waals surface area contributed by atoms with Crippen LogP contribution in [-0.2, 0) is 4.79 Å². The normalized spacial score (nSPS) is 38.8. The second kappa shape index (κ2) is 2.87. The zero-order valence-electron chi connectivity index (χ0n) is 6.87. The molecule has 2 aliphatic heterocycles. The maximum Gasteiger partial charge on any atom is 0.246 e. The molecule has 2 bridgehead atoms. The van der Waals surface area contributed by atoms with Crippen molar-refractivity contribution >= 4 is 21.8 Å². The van der Waals surface area contributed by atoms with Gasteiger partial charge in [0.05, 0.1) is 0 Å². The third kappa shape index (κ3) is 1.03. The van der Waals surface area contributed by atoms with Gasteiger partial charge in [0.1, 0.15) is 0 Å².